The molecule has 0 aliphatic heterocycles. The highest BCUT2D eigenvalue weighted by Gasteiger charge is 2.29. The van der Waals surface area contributed by atoms with Crippen LogP contribution in [0.3, 0.4) is 0 Å². The summed E-state index contributed by atoms with van der Waals surface area (Å²) in [7, 11) is 1.85. The van der Waals surface area contributed by atoms with E-state index in [4.69, 9.17) is 4.74 Å². The summed E-state index contributed by atoms with van der Waals surface area (Å²) < 4.78 is 5.44. The quantitative estimate of drug-likeness (QED) is 0.922. The standard InChI is InChI=1S/C16H27N3O2S/c1-16(2,3)21-15(20)19(4)14-7-5-12(6-8-14)17-9-13-10-22-11-18-13/h10-12,14,17H,5-9H2,1-4H3. The van der Waals surface area contributed by atoms with E-state index in [2.05, 4.69) is 15.7 Å². The van der Waals surface area contributed by atoms with Crippen molar-refractivity contribution in [3.8, 4) is 0 Å². The van der Waals surface area contributed by atoms with Crippen molar-refractivity contribution >= 4 is 17.4 Å². The number of thiazole rings is 1. The van der Waals surface area contributed by atoms with Crippen LogP contribution in [-0.4, -0.2) is 40.7 Å². The van der Waals surface area contributed by atoms with E-state index in [9.17, 15) is 4.79 Å². The van der Waals surface area contributed by atoms with E-state index >= 15 is 0 Å². The lowest BCUT2D eigenvalue weighted by Gasteiger charge is -2.35. The second-order valence-electron chi connectivity index (χ2n) is 6.96. The molecular weight excluding hydrogens is 298 g/mol. The zero-order valence-electron chi connectivity index (χ0n) is 14.0. The van der Waals surface area contributed by atoms with Crippen molar-refractivity contribution in [3.05, 3.63) is 16.6 Å². The van der Waals surface area contributed by atoms with Gasteiger partial charge in [0.1, 0.15) is 5.60 Å². The zero-order valence-corrected chi connectivity index (χ0v) is 14.8. The van der Waals surface area contributed by atoms with Gasteiger partial charge in [-0.1, -0.05) is 0 Å². The Morgan fingerprint density at radius 2 is 2.09 bits per heavy atom. The Morgan fingerprint density at radius 3 is 2.64 bits per heavy atom. The zero-order chi connectivity index (χ0) is 16.2. The Bertz CT molecular complexity index is 462. The summed E-state index contributed by atoms with van der Waals surface area (Å²) in [6.07, 6.45) is 3.99. The van der Waals surface area contributed by atoms with Gasteiger partial charge in [-0.15, -0.1) is 11.3 Å². The van der Waals surface area contributed by atoms with Crippen LogP contribution in [0.1, 0.15) is 52.1 Å². The molecule has 1 heterocycles. The number of hydrogen-bond donors (Lipinski definition) is 1. The predicted molar refractivity (Wildman–Crippen MR) is 89.0 cm³/mol. The molecule has 1 aromatic rings. The number of nitrogens with zero attached hydrogens (tertiary/aromatic N) is 2. The summed E-state index contributed by atoms with van der Waals surface area (Å²) in [6.45, 7) is 6.54. The molecule has 1 N–H and O–H groups in total. The average molecular weight is 325 g/mol. The van der Waals surface area contributed by atoms with Gasteiger partial charge in [0.15, 0.2) is 0 Å². The van der Waals surface area contributed by atoms with Gasteiger partial charge in [-0.3, -0.25) is 0 Å². The summed E-state index contributed by atoms with van der Waals surface area (Å²) >= 11 is 1.63. The van der Waals surface area contributed by atoms with Crippen molar-refractivity contribution in [2.24, 2.45) is 0 Å². The summed E-state index contributed by atoms with van der Waals surface area (Å²) in [5.41, 5.74) is 2.54. The minimum absolute atomic E-state index is 0.216. The fraction of sp³-hybridized carbons (Fsp3) is 0.750. The molecule has 2 rings (SSSR count). The molecule has 1 aliphatic rings. The molecule has 1 amide bonds. The average Bonchev–Trinajstić information content (AvgIpc) is 2.96. The normalized spacial score (nSPS) is 22.4. The molecule has 124 valence electrons. The third-order valence-corrected chi connectivity index (χ3v) is 4.62. The van der Waals surface area contributed by atoms with Crippen LogP contribution in [0, 0.1) is 0 Å². The lowest BCUT2D eigenvalue weighted by molar-refractivity contribution is 0.0179. The first-order chi connectivity index (χ1) is 10.3. The van der Waals surface area contributed by atoms with Gasteiger partial charge in [-0.05, 0) is 46.5 Å². The van der Waals surface area contributed by atoms with Gasteiger partial charge >= 0.3 is 6.09 Å². The number of carbonyl (C=O) groups excluding carboxylic acids is 1. The maximum absolute atomic E-state index is 12.1. The van der Waals surface area contributed by atoms with Crippen LogP contribution in [0.25, 0.3) is 0 Å². The Kier molecular flexibility index (Phi) is 5.81. The topological polar surface area (TPSA) is 54.5 Å². The van der Waals surface area contributed by atoms with Crippen LogP contribution in [0.4, 0.5) is 4.79 Å². The number of hydrogen-bond acceptors (Lipinski definition) is 5. The van der Waals surface area contributed by atoms with Crippen molar-refractivity contribution < 1.29 is 9.53 Å². The van der Waals surface area contributed by atoms with Crippen molar-refractivity contribution in [1.29, 1.82) is 0 Å². The van der Waals surface area contributed by atoms with Crippen molar-refractivity contribution in [2.75, 3.05) is 7.05 Å². The fourth-order valence-electron chi connectivity index (χ4n) is 2.72. The third kappa shape index (κ3) is 5.25. The van der Waals surface area contributed by atoms with Crippen LogP contribution >= 0.6 is 11.3 Å². The first-order valence-corrected chi connectivity index (χ1v) is 8.85. The number of rotatable bonds is 4. The van der Waals surface area contributed by atoms with Gasteiger partial charge in [0, 0.05) is 31.1 Å². The molecule has 1 saturated carbocycles. The van der Waals surface area contributed by atoms with Crippen LogP contribution in [0.2, 0.25) is 0 Å². The molecule has 5 nitrogen and oxygen atoms in total. The van der Waals surface area contributed by atoms with Crippen LogP contribution in [0.15, 0.2) is 10.9 Å². The fourth-order valence-corrected chi connectivity index (χ4v) is 3.28. The van der Waals surface area contributed by atoms with E-state index in [1.54, 1.807) is 16.2 Å². The molecule has 1 aliphatic carbocycles. The van der Waals surface area contributed by atoms with Crippen molar-refractivity contribution in [3.63, 3.8) is 0 Å². The Labute approximate surface area is 137 Å². The van der Waals surface area contributed by atoms with Gasteiger partial charge in [-0.25, -0.2) is 9.78 Å². The molecule has 0 aromatic carbocycles. The van der Waals surface area contributed by atoms with Crippen LogP contribution in [-0.2, 0) is 11.3 Å². The molecule has 0 atom stereocenters. The predicted octanol–water partition coefficient (Wildman–Crippen LogP) is 3.41. The maximum Gasteiger partial charge on any atom is 0.410 e. The summed E-state index contributed by atoms with van der Waals surface area (Å²) in [5.74, 6) is 0. The van der Waals surface area contributed by atoms with Crippen LogP contribution in [0.5, 0.6) is 0 Å². The van der Waals surface area contributed by atoms with E-state index in [1.165, 1.54) is 0 Å². The molecule has 0 saturated heterocycles. The largest absolute Gasteiger partial charge is 0.444 e. The molecule has 0 unspecified atom stereocenters. The monoisotopic (exact) mass is 325 g/mol. The second kappa shape index (κ2) is 7.42. The highest BCUT2D eigenvalue weighted by atomic mass is 32.1. The Balaban J connectivity index is 1.73. The number of carbonyl (C=O) groups is 1. The van der Waals surface area contributed by atoms with Gasteiger partial charge in [0.2, 0.25) is 0 Å². The minimum atomic E-state index is -0.433. The molecule has 0 bridgehead atoms. The van der Waals surface area contributed by atoms with Crippen molar-refractivity contribution in [1.82, 2.24) is 15.2 Å². The smallest absolute Gasteiger partial charge is 0.410 e. The van der Waals surface area contributed by atoms with Gasteiger partial charge in [0.05, 0.1) is 11.2 Å². The summed E-state index contributed by atoms with van der Waals surface area (Å²) in [5, 5.41) is 5.64. The van der Waals surface area contributed by atoms with Crippen LogP contribution < -0.4 is 5.32 Å². The summed E-state index contributed by atoms with van der Waals surface area (Å²) in [6, 6.07) is 0.803. The number of amides is 1. The molecule has 1 aromatic heterocycles. The first-order valence-electron chi connectivity index (χ1n) is 7.91. The first kappa shape index (κ1) is 17.2. The van der Waals surface area contributed by atoms with E-state index in [0.29, 0.717) is 6.04 Å². The molecule has 0 radical (unpaired) electrons. The molecule has 6 heteroatoms. The van der Waals surface area contributed by atoms with Crippen molar-refractivity contribution in [2.45, 2.75) is 70.7 Å². The molecular formula is C16H27N3O2S. The number of nitrogens with one attached hydrogen (secondary N) is 1. The van der Waals surface area contributed by atoms with Gasteiger partial charge in [0.25, 0.3) is 0 Å². The highest BCUT2D eigenvalue weighted by molar-refractivity contribution is 7.07. The molecule has 1 fully saturated rings. The number of aromatic nitrogens is 1. The highest BCUT2D eigenvalue weighted by Crippen LogP contribution is 2.24. The Morgan fingerprint density at radius 1 is 1.41 bits per heavy atom. The van der Waals surface area contributed by atoms with Gasteiger partial charge in [-0.2, -0.15) is 0 Å². The third-order valence-electron chi connectivity index (χ3n) is 3.98. The SMILES string of the molecule is CN(C(=O)OC(C)(C)C)C1CCC(NCc2cscn2)CC1. The lowest BCUT2D eigenvalue weighted by atomic mass is 9.90. The maximum atomic E-state index is 12.1. The lowest BCUT2D eigenvalue weighted by Crippen LogP contribution is -2.44. The van der Waals surface area contributed by atoms with E-state index in [0.717, 1.165) is 37.9 Å². The van der Waals surface area contributed by atoms with Gasteiger partial charge < -0.3 is 15.0 Å². The minimum Gasteiger partial charge on any atom is -0.444 e. The Hall–Kier alpha value is -1.14. The van der Waals surface area contributed by atoms with E-state index < -0.39 is 5.60 Å². The summed E-state index contributed by atoms with van der Waals surface area (Å²) in [4.78, 5) is 18.2. The van der Waals surface area contributed by atoms with E-state index in [1.807, 2.05) is 33.3 Å². The molecule has 0 spiro atoms. The van der Waals surface area contributed by atoms with E-state index in [-0.39, 0.29) is 12.1 Å². The second-order valence-corrected chi connectivity index (χ2v) is 7.68. The number of ether oxygens (including phenoxy) is 1. The molecule has 22 heavy (non-hydrogen) atoms.